The molecule has 0 bridgehead atoms. The molecule has 1 aliphatic heterocycles. The van der Waals surface area contributed by atoms with E-state index in [9.17, 15) is 10.1 Å². The molecule has 1 aliphatic rings. The Kier molecular flexibility index (Phi) is 6.07. The molecule has 138 valence electrons. The minimum Gasteiger partial charge on any atom is -0.379 e. The van der Waals surface area contributed by atoms with Crippen LogP contribution in [0.3, 0.4) is 0 Å². The highest BCUT2D eigenvalue weighted by Gasteiger charge is 2.21. The van der Waals surface area contributed by atoms with Gasteiger partial charge in [0, 0.05) is 18.3 Å². The van der Waals surface area contributed by atoms with Crippen molar-refractivity contribution in [2.75, 3.05) is 49.5 Å². The Balaban J connectivity index is 1.69. The second-order valence-corrected chi connectivity index (χ2v) is 6.71. The minimum atomic E-state index is -0.312. The van der Waals surface area contributed by atoms with Gasteiger partial charge in [0.25, 0.3) is 5.69 Å². The largest absolute Gasteiger partial charge is 0.379 e. The van der Waals surface area contributed by atoms with Gasteiger partial charge in [-0.3, -0.25) is 10.1 Å². The van der Waals surface area contributed by atoms with Crippen molar-refractivity contribution in [3.63, 3.8) is 0 Å². The van der Waals surface area contributed by atoms with Crippen molar-refractivity contribution in [3.8, 4) is 0 Å². The Bertz CT molecular complexity index is 728. The van der Waals surface area contributed by atoms with Crippen LogP contribution in [0.1, 0.15) is 12.5 Å². The molecule has 2 N–H and O–H groups in total. The van der Waals surface area contributed by atoms with Gasteiger partial charge in [-0.1, -0.05) is 30.3 Å². The van der Waals surface area contributed by atoms with E-state index in [0.717, 1.165) is 44.8 Å². The summed E-state index contributed by atoms with van der Waals surface area (Å²) in [4.78, 5) is 15.0. The van der Waals surface area contributed by atoms with Crippen LogP contribution in [-0.2, 0) is 6.42 Å². The molecule has 0 saturated carbocycles. The average molecular weight is 355 g/mol. The second-order valence-electron chi connectivity index (χ2n) is 6.71. The normalized spacial score (nSPS) is 15.0. The molecule has 2 aromatic rings. The second kappa shape index (κ2) is 8.67. The molecule has 6 nitrogen and oxygen atoms in total. The van der Waals surface area contributed by atoms with Crippen LogP contribution in [0.2, 0.25) is 0 Å². The summed E-state index contributed by atoms with van der Waals surface area (Å²) < 4.78 is 0. The maximum Gasteiger partial charge on any atom is 0.292 e. The van der Waals surface area contributed by atoms with E-state index in [1.807, 2.05) is 30.3 Å². The van der Waals surface area contributed by atoms with Gasteiger partial charge in [-0.25, -0.2) is 0 Å². The van der Waals surface area contributed by atoms with Gasteiger partial charge in [-0.15, -0.1) is 0 Å². The topological polar surface area (TPSA) is 62.9 Å². The van der Waals surface area contributed by atoms with Crippen molar-refractivity contribution >= 4 is 17.1 Å². The van der Waals surface area contributed by atoms with Crippen LogP contribution in [0.5, 0.6) is 0 Å². The highest BCUT2D eigenvalue weighted by atomic mass is 16.6. The van der Waals surface area contributed by atoms with Crippen molar-refractivity contribution in [1.82, 2.24) is 0 Å². The zero-order chi connectivity index (χ0) is 18.4. The third-order valence-electron chi connectivity index (χ3n) is 5.08. The first-order chi connectivity index (χ1) is 12.7. The number of hydrogen-bond donors (Lipinski definition) is 2. The van der Waals surface area contributed by atoms with Gasteiger partial charge in [0.1, 0.15) is 5.69 Å². The van der Waals surface area contributed by atoms with Gasteiger partial charge < -0.3 is 15.1 Å². The van der Waals surface area contributed by atoms with Crippen molar-refractivity contribution in [2.24, 2.45) is 0 Å². The number of nitro benzene ring substituents is 1. The third-order valence-corrected chi connectivity index (χ3v) is 5.08. The van der Waals surface area contributed by atoms with Crippen LogP contribution in [0.4, 0.5) is 17.1 Å². The molecule has 0 aromatic heterocycles. The van der Waals surface area contributed by atoms with E-state index in [4.69, 9.17) is 0 Å². The number of nitro groups is 1. The number of benzene rings is 2. The summed E-state index contributed by atoms with van der Waals surface area (Å²) in [5.74, 6) is 0. The molecule has 1 heterocycles. The lowest BCUT2D eigenvalue weighted by Gasteiger charge is -2.33. The van der Waals surface area contributed by atoms with Crippen molar-refractivity contribution in [3.05, 3.63) is 64.2 Å². The summed E-state index contributed by atoms with van der Waals surface area (Å²) in [7, 11) is 0. The Morgan fingerprint density at radius 2 is 1.88 bits per heavy atom. The number of likely N-dealkylation sites (N-methyl/N-ethyl adjacent to an activating group) is 1. The van der Waals surface area contributed by atoms with E-state index >= 15 is 0 Å². The van der Waals surface area contributed by atoms with E-state index in [1.165, 1.54) is 5.56 Å². The van der Waals surface area contributed by atoms with Gasteiger partial charge in [0.2, 0.25) is 0 Å². The Morgan fingerprint density at radius 3 is 2.54 bits per heavy atom. The molecule has 0 amide bonds. The van der Waals surface area contributed by atoms with Crippen LogP contribution in [0.25, 0.3) is 0 Å². The predicted molar refractivity (Wildman–Crippen MR) is 105 cm³/mol. The summed E-state index contributed by atoms with van der Waals surface area (Å²) >= 11 is 0. The maximum atomic E-state index is 11.4. The molecule has 1 saturated heterocycles. The number of hydrogen-bond acceptors (Lipinski definition) is 4. The molecule has 3 rings (SSSR count). The zero-order valence-electron chi connectivity index (χ0n) is 15.3. The summed E-state index contributed by atoms with van der Waals surface area (Å²) in [5.41, 5.74) is 3.03. The predicted octanol–water partition coefficient (Wildman–Crippen LogP) is 1.97. The molecule has 0 aliphatic carbocycles. The summed E-state index contributed by atoms with van der Waals surface area (Å²) in [5, 5.41) is 14.6. The quantitative estimate of drug-likeness (QED) is 0.589. The smallest absolute Gasteiger partial charge is 0.292 e. The maximum absolute atomic E-state index is 11.4. The van der Waals surface area contributed by atoms with Crippen LogP contribution in [0, 0.1) is 10.1 Å². The van der Waals surface area contributed by atoms with Gasteiger partial charge in [0.05, 0.1) is 37.6 Å². The van der Waals surface area contributed by atoms with Crippen LogP contribution in [-0.4, -0.2) is 44.2 Å². The number of quaternary nitrogens is 1. The van der Waals surface area contributed by atoms with Gasteiger partial charge in [0.15, 0.2) is 0 Å². The number of nitrogens with zero attached hydrogens (tertiary/aromatic N) is 2. The standard InChI is InChI=1S/C20H26N4O2/c1-2-22-12-14-23(15-13-22)18-8-9-20(24(25)26)19(16-18)21-11-10-17-6-4-3-5-7-17/h3-9,16,21H,2,10-15H2,1H3/p+1. The minimum absolute atomic E-state index is 0.139. The molecule has 0 atom stereocenters. The summed E-state index contributed by atoms with van der Waals surface area (Å²) in [6.07, 6.45) is 0.834. The average Bonchev–Trinajstić information content (AvgIpc) is 2.68. The lowest BCUT2D eigenvalue weighted by atomic mass is 10.1. The van der Waals surface area contributed by atoms with E-state index in [0.29, 0.717) is 12.2 Å². The summed E-state index contributed by atoms with van der Waals surface area (Å²) in [6, 6.07) is 15.6. The Morgan fingerprint density at radius 1 is 1.15 bits per heavy atom. The first-order valence-electron chi connectivity index (χ1n) is 9.32. The molecule has 0 spiro atoms. The first kappa shape index (κ1) is 18.2. The molecule has 2 aromatic carbocycles. The fourth-order valence-corrected chi connectivity index (χ4v) is 3.44. The van der Waals surface area contributed by atoms with Gasteiger partial charge in [-0.05, 0) is 31.0 Å². The first-order valence-corrected chi connectivity index (χ1v) is 9.32. The Hall–Kier alpha value is -2.60. The fourth-order valence-electron chi connectivity index (χ4n) is 3.44. The summed E-state index contributed by atoms with van der Waals surface area (Å²) in [6.45, 7) is 8.25. The van der Waals surface area contributed by atoms with Crippen molar-refractivity contribution < 1.29 is 9.82 Å². The number of anilines is 2. The van der Waals surface area contributed by atoms with Crippen molar-refractivity contribution in [2.45, 2.75) is 13.3 Å². The fraction of sp³-hybridized carbons (Fsp3) is 0.400. The molecule has 0 unspecified atom stereocenters. The third kappa shape index (κ3) is 4.52. The SMILES string of the molecule is CC[NH+]1CCN(c2ccc([N+](=O)[O-])c(NCCc3ccccc3)c2)CC1. The molecule has 26 heavy (non-hydrogen) atoms. The lowest BCUT2D eigenvalue weighted by molar-refractivity contribution is -0.898. The van der Waals surface area contributed by atoms with Gasteiger partial charge in [-0.2, -0.15) is 0 Å². The van der Waals surface area contributed by atoms with Crippen LogP contribution < -0.4 is 15.1 Å². The molecular formula is C20H27N4O2+. The monoisotopic (exact) mass is 355 g/mol. The molecular weight excluding hydrogens is 328 g/mol. The zero-order valence-corrected chi connectivity index (χ0v) is 15.3. The molecule has 1 fully saturated rings. The number of piperazine rings is 1. The molecule has 0 radical (unpaired) electrons. The highest BCUT2D eigenvalue weighted by molar-refractivity contribution is 5.69. The number of nitrogens with one attached hydrogen (secondary N) is 2. The Labute approximate surface area is 154 Å². The lowest BCUT2D eigenvalue weighted by Crippen LogP contribution is -3.14. The van der Waals surface area contributed by atoms with Gasteiger partial charge >= 0.3 is 0 Å². The highest BCUT2D eigenvalue weighted by Crippen LogP contribution is 2.29. The van der Waals surface area contributed by atoms with Crippen LogP contribution in [0.15, 0.2) is 48.5 Å². The number of rotatable bonds is 7. The van der Waals surface area contributed by atoms with E-state index in [2.05, 4.69) is 29.3 Å². The van der Waals surface area contributed by atoms with E-state index in [-0.39, 0.29) is 10.6 Å². The van der Waals surface area contributed by atoms with Crippen LogP contribution >= 0.6 is 0 Å². The van der Waals surface area contributed by atoms with E-state index < -0.39 is 0 Å². The van der Waals surface area contributed by atoms with Crippen molar-refractivity contribution in [1.29, 1.82) is 0 Å². The molecule has 6 heteroatoms. The van der Waals surface area contributed by atoms with E-state index in [1.54, 1.807) is 11.0 Å².